The van der Waals surface area contributed by atoms with Crippen molar-refractivity contribution >= 4 is 11.6 Å². The predicted molar refractivity (Wildman–Crippen MR) is 58.6 cm³/mol. The summed E-state index contributed by atoms with van der Waals surface area (Å²) < 4.78 is 12.8. The minimum absolute atomic E-state index is 0.284. The van der Waals surface area contributed by atoms with Crippen LogP contribution in [0.15, 0.2) is 48.8 Å². The predicted octanol–water partition coefficient (Wildman–Crippen LogP) is 2.47. The first-order chi connectivity index (χ1) is 7.75. The number of amides is 1. The van der Waals surface area contributed by atoms with Gasteiger partial charge in [0.25, 0.3) is 5.91 Å². The Balaban J connectivity index is 2.14. The van der Waals surface area contributed by atoms with E-state index in [9.17, 15) is 9.18 Å². The summed E-state index contributed by atoms with van der Waals surface area (Å²) in [5, 5.41) is 2.56. The summed E-state index contributed by atoms with van der Waals surface area (Å²) in [6.07, 6.45) is 2.47. The van der Waals surface area contributed by atoms with Crippen LogP contribution >= 0.6 is 0 Å². The van der Waals surface area contributed by atoms with E-state index >= 15 is 0 Å². The SMILES string of the molecule is O=C(Nc1cncc(F)c1)c1ccccc1. The lowest BCUT2D eigenvalue weighted by molar-refractivity contribution is 0.102. The van der Waals surface area contributed by atoms with Crippen molar-refractivity contribution in [2.75, 3.05) is 5.32 Å². The number of halogens is 1. The summed E-state index contributed by atoms with van der Waals surface area (Å²) in [5.74, 6) is -0.765. The number of hydrogen-bond acceptors (Lipinski definition) is 2. The quantitative estimate of drug-likeness (QED) is 0.837. The Morgan fingerprint density at radius 1 is 1.19 bits per heavy atom. The molecule has 1 amide bonds. The van der Waals surface area contributed by atoms with Crippen molar-refractivity contribution in [3.8, 4) is 0 Å². The number of pyridine rings is 1. The molecule has 0 atom stereocenters. The third kappa shape index (κ3) is 2.42. The summed E-state index contributed by atoms with van der Waals surface area (Å²) in [7, 11) is 0. The van der Waals surface area contributed by atoms with Gasteiger partial charge in [0.1, 0.15) is 5.82 Å². The molecule has 2 rings (SSSR count). The molecule has 80 valence electrons. The number of anilines is 1. The normalized spacial score (nSPS) is 9.81. The van der Waals surface area contributed by atoms with Crippen molar-refractivity contribution in [3.05, 3.63) is 60.2 Å². The second kappa shape index (κ2) is 4.53. The van der Waals surface area contributed by atoms with Crippen molar-refractivity contribution in [2.45, 2.75) is 0 Å². The van der Waals surface area contributed by atoms with Gasteiger partial charge in [0.2, 0.25) is 0 Å². The van der Waals surface area contributed by atoms with E-state index < -0.39 is 5.82 Å². The van der Waals surface area contributed by atoms with Gasteiger partial charge in [0.15, 0.2) is 0 Å². The second-order valence-electron chi connectivity index (χ2n) is 3.21. The molecule has 0 unspecified atom stereocenters. The van der Waals surface area contributed by atoms with Crippen LogP contribution in [-0.2, 0) is 0 Å². The molecule has 0 aliphatic heterocycles. The number of nitrogens with zero attached hydrogens (tertiary/aromatic N) is 1. The minimum Gasteiger partial charge on any atom is -0.320 e. The number of rotatable bonds is 2. The molecule has 0 aliphatic rings. The van der Waals surface area contributed by atoms with E-state index in [1.165, 1.54) is 12.3 Å². The smallest absolute Gasteiger partial charge is 0.255 e. The molecule has 4 heteroatoms. The summed E-state index contributed by atoms with van der Waals surface area (Å²) in [6.45, 7) is 0. The highest BCUT2D eigenvalue weighted by atomic mass is 19.1. The number of aromatic nitrogens is 1. The van der Waals surface area contributed by atoms with Crippen LogP contribution in [0.3, 0.4) is 0 Å². The van der Waals surface area contributed by atoms with Gasteiger partial charge in [-0.05, 0) is 12.1 Å². The molecule has 0 saturated heterocycles. The first kappa shape index (κ1) is 10.3. The van der Waals surface area contributed by atoms with Crippen LogP contribution in [0, 0.1) is 5.82 Å². The zero-order valence-corrected chi connectivity index (χ0v) is 8.35. The Bertz CT molecular complexity index is 499. The number of nitrogens with one attached hydrogen (secondary N) is 1. The van der Waals surface area contributed by atoms with E-state index in [2.05, 4.69) is 10.3 Å². The van der Waals surface area contributed by atoms with Crippen molar-refractivity contribution in [3.63, 3.8) is 0 Å². The van der Waals surface area contributed by atoms with E-state index in [1.54, 1.807) is 24.3 Å². The molecule has 0 aliphatic carbocycles. The maximum Gasteiger partial charge on any atom is 0.255 e. The van der Waals surface area contributed by atoms with Crippen LogP contribution in [0.1, 0.15) is 10.4 Å². The van der Waals surface area contributed by atoms with Crippen LogP contribution < -0.4 is 5.32 Å². The molecule has 1 heterocycles. The van der Waals surface area contributed by atoms with Crippen molar-refractivity contribution in [1.29, 1.82) is 0 Å². The van der Waals surface area contributed by atoms with Crippen molar-refractivity contribution < 1.29 is 9.18 Å². The molecule has 0 spiro atoms. The van der Waals surface area contributed by atoms with Crippen LogP contribution in [0.25, 0.3) is 0 Å². The Morgan fingerprint density at radius 2 is 1.94 bits per heavy atom. The van der Waals surface area contributed by atoms with Crippen LogP contribution in [-0.4, -0.2) is 10.9 Å². The Morgan fingerprint density at radius 3 is 2.62 bits per heavy atom. The van der Waals surface area contributed by atoms with E-state index in [1.807, 2.05) is 6.07 Å². The third-order valence-corrected chi connectivity index (χ3v) is 2.00. The molecule has 1 aromatic heterocycles. The van der Waals surface area contributed by atoms with Gasteiger partial charge in [-0.2, -0.15) is 0 Å². The Labute approximate surface area is 92.0 Å². The van der Waals surface area contributed by atoms with E-state index in [0.29, 0.717) is 11.3 Å². The highest BCUT2D eigenvalue weighted by Gasteiger charge is 2.05. The zero-order valence-electron chi connectivity index (χ0n) is 8.35. The van der Waals surface area contributed by atoms with E-state index in [0.717, 1.165) is 6.20 Å². The maximum absolute atomic E-state index is 12.8. The molecular weight excluding hydrogens is 207 g/mol. The fourth-order valence-electron chi connectivity index (χ4n) is 1.27. The second-order valence-corrected chi connectivity index (χ2v) is 3.21. The lowest BCUT2D eigenvalue weighted by Crippen LogP contribution is -2.11. The highest BCUT2D eigenvalue weighted by molar-refractivity contribution is 6.04. The van der Waals surface area contributed by atoms with Gasteiger partial charge in [-0.1, -0.05) is 18.2 Å². The van der Waals surface area contributed by atoms with Gasteiger partial charge >= 0.3 is 0 Å². The molecular formula is C12H9FN2O. The summed E-state index contributed by atoms with van der Waals surface area (Å²) in [4.78, 5) is 15.3. The van der Waals surface area contributed by atoms with Crippen LogP contribution in [0.4, 0.5) is 10.1 Å². The first-order valence-electron chi connectivity index (χ1n) is 4.72. The first-order valence-corrected chi connectivity index (χ1v) is 4.72. The molecule has 1 aromatic carbocycles. The standard InChI is InChI=1S/C12H9FN2O/c13-10-6-11(8-14-7-10)15-12(16)9-4-2-1-3-5-9/h1-8H,(H,15,16). The maximum atomic E-state index is 12.8. The van der Waals surface area contributed by atoms with E-state index in [4.69, 9.17) is 0 Å². The molecule has 0 fully saturated rings. The monoisotopic (exact) mass is 216 g/mol. The van der Waals surface area contributed by atoms with Gasteiger partial charge in [-0.3, -0.25) is 9.78 Å². The molecule has 0 saturated carbocycles. The molecule has 2 aromatic rings. The van der Waals surface area contributed by atoms with Gasteiger partial charge in [-0.15, -0.1) is 0 Å². The third-order valence-electron chi connectivity index (χ3n) is 2.00. The fourth-order valence-corrected chi connectivity index (χ4v) is 1.27. The average molecular weight is 216 g/mol. The number of carbonyl (C=O) groups is 1. The largest absolute Gasteiger partial charge is 0.320 e. The molecule has 1 N–H and O–H groups in total. The number of hydrogen-bond donors (Lipinski definition) is 1. The molecule has 3 nitrogen and oxygen atoms in total. The zero-order chi connectivity index (χ0) is 11.4. The minimum atomic E-state index is -0.481. The molecule has 0 bridgehead atoms. The summed E-state index contributed by atoms with van der Waals surface area (Å²) in [5.41, 5.74) is 0.862. The van der Waals surface area contributed by atoms with Crippen molar-refractivity contribution in [2.24, 2.45) is 0 Å². The lowest BCUT2D eigenvalue weighted by atomic mass is 10.2. The molecule has 16 heavy (non-hydrogen) atoms. The van der Waals surface area contributed by atoms with Gasteiger partial charge < -0.3 is 5.32 Å². The molecule has 0 radical (unpaired) electrons. The summed E-state index contributed by atoms with van der Waals surface area (Å²) >= 11 is 0. The van der Waals surface area contributed by atoms with E-state index in [-0.39, 0.29) is 5.91 Å². The number of carbonyl (C=O) groups excluding carboxylic acids is 1. The Hall–Kier alpha value is -2.23. The average Bonchev–Trinajstić information content (AvgIpc) is 2.30. The topological polar surface area (TPSA) is 42.0 Å². The fraction of sp³-hybridized carbons (Fsp3) is 0. The van der Waals surface area contributed by atoms with Crippen LogP contribution in [0.5, 0.6) is 0 Å². The van der Waals surface area contributed by atoms with Gasteiger partial charge in [0, 0.05) is 11.6 Å². The van der Waals surface area contributed by atoms with Crippen molar-refractivity contribution in [1.82, 2.24) is 4.98 Å². The lowest BCUT2D eigenvalue weighted by Gasteiger charge is -2.04. The van der Waals surface area contributed by atoms with Gasteiger partial charge in [-0.25, -0.2) is 4.39 Å². The number of benzene rings is 1. The van der Waals surface area contributed by atoms with Gasteiger partial charge in [0.05, 0.1) is 18.1 Å². The summed E-state index contributed by atoms with van der Waals surface area (Å²) in [6, 6.07) is 9.93. The Kier molecular flexibility index (Phi) is 2.91. The van der Waals surface area contributed by atoms with Crippen LogP contribution in [0.2, 0.25) is 0 Å². The highest BCUT2D eigenvalue weighted by Crippen LogP contribution is 2.09.